The summed E-state index contributed by atoms with van der Waals surface area (Å²) >= 11 is 0. The van der Waals surface area contributed by atoms with Gasteiger partial charge in [0.1, 0.15) is 15.1 Å². The molecule has 1 aromatic heterocycles. The van der Waals surface area contributed by atoms with E-state index >= 15 is 0 Å². The summed E-state index contributed by atoms with van der Waals surface area (Å²) < 4.78 is 32.7. The monoisotopic (exact) mass is 305 g/mol. The Hall–Kier alpha value is -0.930. The van der Waals surface area contributed by atoms with Crippen molar-refractivity contribution in [3.05, 3.63) is 42.5 Å². The van der Waals surface area contributed by atoms with Gasteiger partial charge < -0.3 is 20.5 Å². The molecule has 0 bridgehead atoms. The normalized spacial score (nSPS) is 10.4. The summed E-state index contributed by atoms with van der Waals surface area (Å²) in [5, 5.41) is 2.44. The molecule has 8 heteroatoms. The topological polar surface area (TPSA) is 136 Å². The Balaban J connectivity index is 0.00000120. The molecule has 0 amide bonds. The van der Waals surface area contributed by atoms with Gasteiger partial charge >= 0.3 is 29.6 Å². The molecule has 0 unspecified atom stereocenters. The first-order chi connectivity index (χ1) is 8.04. The van der Waals surface area contributed by atoms with Gasteiger partial charge in [0.15, 0.2) is 0 Å². The van der Waals surface area contributed by atoms with Crippen LogP contribution in [-0.2, 0) is 10.1 Å². The number of fused-ring (bicyclic) bond motifs is 2. The Kier molecular flexibility index (Phi) is 6.37. The predicted octanol–water partition coefficient (Wildman–Crippen LogP) is -2.42. The summed E-state index contributed by atoms with van der Waals surface area (Å²) in [6, 6.07) is 12.7. The van der Waals surface area contributed by atoms with Crippen LogP contribution in [-0.4, -0.2) is 28.9 Å². The summed E-state index contributed by atoms with van der Waals surface area (Å²) in [6.45, 7) is 0. The van der Waals surface area contributed by atoms with E-state index in [1.54, 1.807) is 0 Å². The Morgan fingerprint density at radius 1 is 0.900 bits per heavy atom. The molecule has 0 saturated heterocycles. The third kappa shape index (κ3) is 3.39. The quantitative estimate of drug-likeness (QED) is 0.395. The molecule has 0 radical (unpaired) electrons. The molecule has 0 fully saturated rings. The van der Waals surface area contributed by atoms with Crippen molar-refractivity contribution in [1.82, 2.24) is 4.98 Å². The van der Waals surface area contributed by atoms with Gasteiger partial charge in [0.25, 0.3) is 0 Å². The van der Waals surface area contributed by atoms with Crippen LogP contribution in [0.2, 0.25) is 0 Å². The predicted molar refractivity (Wildman–Crippen MR) is 71.0 cm³/mol. The summed E-state index contributed by atoms with van der Waals surface area (Å²) in [4.78, 5) is 2.63. The summed E-state index contributed by atoms with van der Waals surface area (Å²) in [5.41, 5.74) is 0.651. The number of hydrogen-bond acceptors (Lipinski definition) is 3. The van der Waals surface area contributed by atoms with Crippen LogP contribution in [0.25, 0.3) is 21.7 Å². The minimum atomic E-state index is -4.43. The van der Waals surface area contributed by atoms with Gasteiger partial charge in [-0.05, 0) is 29.0 Å². The number of H-pyrrole nitrogens is 1. The van der Waals surface area contributed by atoms with Crippen LogP contribution >= 0.6 is 0 Å². The minimum absolute atomic E-state index is 0. The first-order valence-electron chi connectivity index (χ1n) is 5.01. The zero-order chi connectivity index (χ0) is 12.0. The minimum Gasteiger partial charge on any atom is -0.743 e. The van der Waals surface area contributed by atoms with Crippen LogP contribution in [0.5, 0.6) is 0 Å². The Bertz CT molecular complexity index is 776. The molecule has 2 aromatic carbocycles. The van der Waals surface area contributed by atoms with E-state index in [-0.39, 0.29) is 45.5 Å². The molecule has 1 heterocycles. The van der Waals surface area contributed by atoms with E-state index < -0.39 is 10.1 Å². The third-order valence-corrected chi connectivity index (χ3v) is 3.49. The fourth-order valence-electron chi connectivity index (χ4n) is 1.93. The molecule has 5 N–H and O–H groups in total. The van der Waals surface area contributed by atoms with Crippen LogP contribution in [0, 0.1) is 0 Å². The van der Waals surface area contributed by atoms with E-state index in [9.17, 15) is 13.0 Å². The van der Waals surface area contributed by atoms with Crippen LogP contribution < -0.4 is 29.6 Å². The van der Waals surface area contributed by atoms with Gasteiger partial charge in [-0.1, -0.05) is 24.3 Å². The Morgan fingerprint density at radius 3 is 2.00 bits per heavy atom. The van der Waals surface area contributed by atoms with Crippen molar-refractivity contribution < 1.29 is 53.5 Å². The second-order valence-corrected chi connectivity index (χ2v) is 5.22. The fraction of sp³-hybridized carbons (Fsp3) is 0. The molecule has 0 saturated carbocycles. The van der Waals surface area contributed by atoms with Gasteiger partial charge in [-0.25, -0.2) is 8.42 Å². The molecule has 0 aliphatic heterocycles. The second kappa shape index (κ2) is 6.68. The summed E-state index contributed by atoms with van der Waals surface area (Å²) in [5.74, 6) is 0. The second-order valence-electron chi connectivity index (χ2n) is 3.87. The number of rotatable bonds is 1. The smallest absolute Gasteiger partial charge is 0.743 e. The van der Waals surface area contributed by atoms with Gasteiger partial charge in [-0.15, -0.1) is 0 Å². The maximum Gasteiger partial charge on any atom is 1.00 e. The van der Waals surface area contributed by atoms with Crippen LogP contribution in [0.1, 0.15) is 0 Å². The maximum atomic E-state index is 10.9. The molecular weight excluding hydrogens is 293 g/mol. The van der Waals surface area contributed by atoms with Crippen molar-refractivity contribution in [2.75, 3.05) is 0 Å². The average molecular weight is 305 g/mol. The van der Waals surface area contributed by atoms with Crippen LogP contribution in [0.4, 0.5) is 0 Å². The van der Waals surface area contributed by atoms with Crippen molar-refractivity contribution in [2.45, 2.75) is 5.03 Å². The Labute approximate surface area is 137 Å². The Morgan fingerprint density at radius 2 is 1.45 bits per heavy atom. The molecule has 3 aromatic rings. The maximum absolute atomic E-state index is 10.9. The van der Waals surface area contributed by atoms with Crippen molar-refractivity contribution in [1.29, 1.82) is 0 Å². The average Bonchev–Trinajstić information content (AvgIpc) is 2.68. The zero-order valence-corrected chi connectivity index (χ0v) is 13.5. The first-order valence-corrected chi connectivity index (χ1v) is 6.42. The summed E-state index contributed by atoms with van der Waals surface area (Å²) in [6.07, 6.45) is 0. The van der Waals surface area contributed by atoms with E-state index in [4.69, 9.17) is 0 Å². The van der Waals surface area contributed by atoms with Gasteiger partial charge in [0, 0.05) is 10.9 Å². The van der Waals surface area contributed by atoms with Gasteiger partial charge in [-0.3, -0.25) is 0 Å². The van der Waals surface area contributed by atoms with E-state index in [1.807, 2.05) is 36.4 Å². The largest absolute Gasteiger partial charge is 1.00 e. The summed E-state index contributed by atoms with van der Waals surface area (Å²) in [7, 11) is -4.43. The molecular formula is C12H12NNaO5S. The molecule has 6 nitrogen and oxygen atoms in total. The van der Waals surface area contributed by atoms with E-state index in [0.29, 0.717) is 5.52 Å². The molecule has 0 spiro atoms. The van der Waals surface area contributed by atoms with Gasteiger partial charge in [0.05, 0.1) is 0 Å². The molecule has 20 heavy (non-hydrogen) atoms. The number of benzene rings is 2. The van der Waals surface area contributed by atoms with E-state index in [0.717, 1.165) is 16.2 Å². The SMILES string of the molecule is O.O.O=S(=O)([O-])c1cc2cc3ccccc3cc2[nH]1.[Na+]. The first kappa shape index (κ1) is 19.1. The molecule has 0 aliphatic carbocycles. The standard InChI is InChI=1S/C12H9NO3S.Na.2H2O/c14-17(15,16)12-7-10-5-8-3-1-2-4-9(8)6-11(10)13-12;;;/h1-7,13H,(H,14,15,16);;2*1H2/q;+1;;/p-1. The molecule has 3 rings (SSSR count). The van der Waals surface area contributed by atoms with Crippen LogP contribution in [0.3, 0.4) is 0 Å². The van der Waals surface area contributed by atoms with Crippen molar-refractivity contribution >= 4 is 31.8 Å². The third-order valence-electron chi connectivity index (χ3n) is 2.73. The van der Waals surface area contributed by atoms with Gasteiger partial charge in [-0.2, -0.15) is 0 Å². The fourth-order valence-corrected chi connectivity index (χ4v) is 2.44. The van der Waals surface area contributed by atoms with Gasteiger partial charge in [0.2, 0.25) is 0 Å². The van der Waals surface area contributed by atoms with E-state index in [2.05, 4.69) is 4.98 Å². The molecule has 0 atom stereocenters. The van der Waals surface area contributed by atoms with E-state index in [1.165, 1.54) is 6.07 Å². The zero-order valence-electron chi connectivity index (χ0n) is 10.7. The van der Waals surface area contributed by atoms with Crippen molar-refractivity contribution in [3.8, 4) is 0 Å². The number of aromatic amines is 1. The number of nitrogens with one attached hydrogen (secondary N) is 1. The molecule has 0 aliphatic rings. The number of aromatic nitrogens is 1. The van der Waals surface area contributed by atoms with Crippen molar-refractivity contribution in [3.63, 3.8) is 0 Å². The number of hydrogen-bond donors (Lipinski definition) is 1. The van der Waals surface area contributed by atoms with Crippen LogP contribution in [0.15, 0.2) is 47.5 Å². The molecule has 102 valence electrons. The van der Waals surface area contributed by atoms with Crippen molar-refractivity contribution in [2.24, 2.45) is 0 Å².